The van der Waals surface area contributed by atoms with E-state index in [9.17, 15) is 4.79 Å². The van der Waals surface area contributed by atoms with Gasteiger partial charge in [-0.25, -0.2) is 4.68 Å². The second-order valence-corrected chi connectivity index (χ2v) is 3.05. The van der Waals surface area contributed by atoms with E-state index in [0.717, 1.165) is 0 Å². The highest BCUT2D eigenvalue weighted by atomic mass is 32.2. The molecule has 0 aliphatic heterocycles. The van der Waals surface area contributed by atoms with Crippen LogP contribution in [-0.4, -0.2) is 32.7 Å². The molecule has 0 bridgehead atoms. The van der Waals surface area contributed by atoms with Gasteiger partial charge in [0, 0.05) is 7.05 Å². The minimum absolute atomic E-state index is 0.0569. The van der Waals surface area contributed by atoms with E-state index in [1.54, 1.807) is 7.05 Å². The lowest BCUT2D eigenvalue weighted by atomic mass is 10.7. The molecule has 0 aromatic carbocycles. The molecule has 5 nitrogen and oxygen atoms in total. The lowest BCUT2D eigenvalue weighted by Gasteiger charge is -2.00. The van der Waals surface area contributed by atoms with Crippen LogP contribution in [0.1, 0.15) is 0 Å². The van der Waals surface area contributed by atoms with Gasteiger partial charge in [0.25, 0.3) is 0 Å². The lowest BCUT2D eigenvalue weighted by molar-refractivity contribution is -0.113. The van der Waals surface area contributed by atoms with Crippen LogP contribution in [0.5, 0.6) is 0 Å². The molecule has 1 heterocycles. The number of aromatic nitrogens is 3. The molecule has 1 aromatic rings. The molecule has 0 aliphatic rings. The van der Waals surface area contributed by atoms with Crippen LogP contribution in [0.15, 0.2) is 6.33 Å². The molecule has 0 unspecified atom stereocenters. The summed E-state index contributed by atoms with van der Waals surface area (Å²) in [6.07, 6.45) is 3.27. The molecule has 0 fully saturated rings. The van der Waals surface area contributed by atoms with E-state index in [-0.39, 0.29) is 5.91 Å². The van der Waals surface area contributed by atoms with Crippen LogP contribution < -0.4 is 5.32 Å². The second kappa shape index (κ2) is 4.10. The average molecular weight is 186 g/mol. The van der Waals surface area contributed by atoms with Gasteiger partial charge in [-0.15, -0.1) is 0 Å². The number of aryl methyl sites for hydroxylation is 1. The average Bonchev–Trinajstić information content (AvgIpc) is 2.37. The minimum Gasteiger partial charge on any atom is -0.294 e. The van der Waals surface area contributed by atoms with Gasteiger partial charge < -0.3 is 0 Å². The summed E-state index contributed by atoms with van der Waals surface area (Å²) in [6.45, 7) is 0. The van der Waals surface area contributed by atoms with Crippen molar-refractivity contribution in [2.45, 2.75) is 0 Å². The van der Waals surface area contributed by atoms with Gasteiger partial charge in [-0.2, -0.15) is 21.8 Å². The van der Waals surface area contributed by atoms with Crippen LogP contribution in [-0.2, 0) is 11.8 Å². The van der Waals surface area contributed by atoms with E-state index >= 15 is 0 Å². The summed E-state index contributed by atoms with van der Waals surface area (Å²) >= 11 is 1.47. The highest BCUT2D eigenvalue weighted by molar-refractivity contribution is 7.99. The molecule has 1 aromatic heterocycles. The molecule has 1 N–H and O–H groups in total. The number of carbonyl (C=O) groups is 1. The largest absolute Gasteiger partial charge is 0.294 e. The first kappa shape index (κ1) is 9.05. The summed E-state index contributed by atoms with van der Waals surface area (Å²) in [5.41, 5.74) is 0. The molecule has 0 spiro atoms. The predicted octanol–water partition coefficient (Wildman–Crippen LogP) is 0.117. The van der Waals surface area contributed by atoms with Crippen LogP contribution in [0.2, 0.25) is 0 Å². The number of nitrogens with zero attached hydrogens (tertiary/aromatic N) is 3. The third-order valence-electron chi connectivity index (χ3n) is 1.24. The molecule has 1 amide bonds. The zero-order valence-corrected chi connectivity index (χ0v) is 7.76. The molecule has 0 saturated carbocycles. The molecule has 6 heteroatoms. The SMILES string of the molecule is CSCC(=O)Nc1ncnn1C. The van der Waals surface area contributed by atoms with Crippen LogP contribution in [0.25, 0.3) is 0 Å². The summed E-state index contributed by atoms with van der Waals surface area (Å²) in [5.74, 6) is 0.861. The fourth-order valence-corrected chi connectivity index (χ4v) is 1.04. The Morgan fingerprint density at radius 3 is 3.08 bits per heavy atom. The molecule has 0 aliphatic carbocycles. The Morgan fingerprint density at radius 2 is 2.58 bits per heavy atom. The monoisotopic (exact) mass is 186 g/mol. The first-order chi connectivity index (χ1) is 5.74. The molecule has 0 radical (unpaired) electrons. The number of hydrogen-bond acceptors (Lipinski definition) is 4. The smallest absolute Gasteiger partial charge is 0.236 e. The van der Waals surface area contributed by atoms with Crippen molar-refractivity contribution < 1.29 is 4.79 Å². The number of nitrogens with one attached hydrogen (secondary N) is 1. The topological polar surface area (TPSA) is 59.8 Å². The van der Waals surface area contributed by atoms with Crippen molar-refractivity contribution in [3.63, 3.8) is 0 Å². The fraction of sp³-hybridized carbons (Fsp3) is 0.500. The van der Waals surface area contributed by atoms with E-state index in [0.29, 0.717) is 11.7 Å². The van der Waals surface area contributed by atoms with Crippen molar-refractivity contribution in [2.24, 2.45) is 7.05 Å². The van der Waals surface area contributed by atoms with Crippen molar-refractivity contribution >= 4 is 23.6 Å². The maximum absolute atomic E-state index is 11.0. The Labute approximate surface area is 74.6 Å². The van der Waals surface area contributed by atoms with Crippen molar-refractivity contribution in [3.8, 4) is 0 Å². The summed E-state index contributed by atoms with van der Waals surface area (Å²) < 4.78 is 1.51. The molecular formula is C6H10N4OS. The quantitative estimate of drug-likeness (QED) is 0.728. The minimum atomic E-state index is -0.0569. The van der Waals surface area contributed by atoms with Crippen LogP contribution in [0.4, 0.5) is 5.95 Å². The highest BCUT2D eigenvalue weighted by Crippen LogP contribution is 1.99. The van der Waals surface area contributed by atoms with Gasteiger partial charge in [-0.3, -0.25) is 10.1 Å². The predicted molar refractivity (Wildman–Crippen MR) is 48.0 cm³/mol. The number of carbonyl (C=O) groups excluding carboxylic acids is 1. The summed E-state index contributed by atoms with van der Waals surface area (Å²) in [7, 11) is 1.72. The van der Waals surface area contributed by atoms with Crippen LogP contribution >= 0.6 is 11.8 Å². The van der Waals surface area contributed by atoms with Crippen molar-refractivity contribution in [1.82, 2.24) is 14.8 Å². The number of hydrogen-bond donors (Lipinski definition) is 1. The Balaban J connectivity index is 2.52. The summed E-state index contributed by atoms with van der Waals surface area (Å²) in [6, 6.07) is 0. The summed E-state index contributed by atoms with van der Waals surface area (Å²) in [4.78, 5) is 14.9. The zero-order valence-electron chi connectivity index (χ0n) is 6.94. The maximum atomic E-state index is 11.0. The fourth-order valence-electron chi connectivity index (χ4n) is 0.701. The number of rotatable bonds is 3. The van der Waals surface area contributed by atoms with Gasteiger partial charge in [0.05, 0.1) is 5.75 Å². The lowest BCUT2D eigenvalue weighted by Crippen LogP contribution is -2.16. The van der Waals surface area contributed by atoms with E-state index in [2.05, 4.69) is 15.4 Å². The molecule has 12 heavy (non-hydrogen) atoms. The Morgan fingerprint density at radius 1 is 1.83 bits per heavy atom. The van der Waals surface area contributed by atoms with Gasteiger partial charge in [0.1, 0.15) is 6.33 Å². The molecule has 1 rings (SSSR count). The van der Waals surface area contributed by atoms with E-state index < -0.39 is 0 Å². The molecule has 0 saturated heterocycles. The van der Waals surface area contributed by atoms with E-state index in [1.165, 1.54) is 22.8 Å². The number of amides is 1. The molecule has 0 atom stereocenters. The normalized spacial score (nSPS) is 9.83. The van der Waals surface area contributed by atoms with Gasteiger partial charge in [-0.1, -0.05) is 0 Å². The Kier molecular flexibility index (Phi) is 3.09. The van der Waals surface area contributed by atoms with Gasteiger partial charge in [0.15, 0.2) is 0 Å². The summed E-state index contributed by atoms with van der Waals surface area (Å²) in [5, 5.41) is 6.43. The number of anilines is 1. The van der Waals surface area contributed by atoms with E-state index in [4.69, 9.17) is 0 Å². The molecular weight excluding hydrogens is 176 g/mol. The van der Waals surface area contributed by atoms with Gasteiger partial charge in [0.2, 0.25) is 11.9 Å². The Hall–Kier alpha value is -1.04. The third-order valence-corrected chi connectivity index (χ3v) is 1.79. The third kappa shape index (κ3) is 2.23. The van der Waals surface area contributed by atoms with Crippen LogP contribution in [0, 0.1) is 0 Å². The van der Waals surface area contributed by atoms with E-state index in [1.807, 2.05) is 6.26 Å². The zero-order chi connectivity index (χ0) is 8.97. The van der Waals surface area contributed by atoms with Crippen molar-refractivity contribution in [1.29, 1.82) is 0 Å². The van der Waals surface area contributed by atoms with Gasteiger partial charge in [-0.05, 0) is 6.26 Å². The first-order valence-electron chi connectivity index (χ1n) is 3.37. The maximum Gasteiger partial charge on any atom is 0.236 e. The Bertz CT molecular complexity index is 272. The second-order valence-electron chi connectivity index (χ2n) is 2.19. The van der Waals surface area contributed by atoms with Crippen molar-refractivity contribution in [3.05, 3.63) is 6.33 Å². The van der Waals surface area contributed by atoms with Gasteiger partial charge >= 0.3 is 0 Å². The first-order valence-corrected chi connectivity index (χ1v) is 4.76. The van der Waals surface area contributed by atoms with Crippen LogP contribution in [0.3, 0.4) is 0 Å². The highest BCUT2D eigenvalue weighted by Gasteiger charge is 2.04. The number of thioether (sulfide) groups is 1. The standard InChI is InChI=1S/C6H10N4OS/c1-10-6(7-4-8-10)9-5(11)3-12-2/h4H,3H2,1-2H3,(H,7,8,9,11). The van der Waals surface area contributed by atoms with Crippen molar-refractivity contribution in [2.75, 3.05) is 17.3 Å². The molecule has 66 valence electrons.